The number of nitriles is 3. The third kappa shape index (κ3) is 4.90. The second-order valence-electron chi connectivity index (χ2n) is 12.9. The first-order valence-corrected chi connectivity index (χ1v) is 17.1. The molecule has 1 heterocycles. The molecule has 5 heteroatoms. The molecule has 0 amide bonds. The number of rotatable bonds is 4. The predicted molar refractivity (Wildman–Crippen MR) is 213 cm³/mol. The van der Waals surface area contributed by atoms with E-state index in [1.54, 1.807) is 18.2 Å². The van der Waals surface area contributed by atoms with Crippen molar-refractivity contribution in [1.82, 2.24) is 4.57 Å². The van der Waals surface area contributed by atoms with Crippen LogP contribution in [0.15, 0.2) is 152 Å². The van der Waals surface area contributed by atoms with Crippen molar-refractivity contribution in [2.45, 2.75) is 0 Å². The van der Waals surface area contributed by atoms with Crippen molar-refractivity contribution in [2.75, 3.05) is 0 Å². The van der Waals surface area contributed by atoms with Crippen LogP contribution in [0.4, 0.5) is 5.69 Å². The summed E-state index contributed by atoms with van der Waals surface area (Å²) < 4.78 is 2.09. The molecular formula is C48H25N5. The van der Waals surface area contributed by atoms with Crippen LogP contribution in [0.3, 0.4) is 0 Å². The van der Waals surface area contributed by atoms with Crippen LogP contribution in [0.2, 0.25) is 0 Å². The van der Waals surface area contributed by atoms with E-state index in [0.29, 0.717) is 27.9 Å². The Bertz CT molecular complexity index is 3030. The normalized spacial score (nSPS) is 10.9. The molecule has 242 valence electrons. The zero-order chi connectivity index (χ0) is 36.1. The van der Waals surface area contributed by atoms with Crippen LogP contribution in [0, 0.1) is 40.6 Å². The lowest BCUT2D eigenvalue weighted by molar-refractivity contribution is 1.18. The summed E-state index contributed by atoms with van der Waals surface area (Å²) in [6, 6.07) is 57.0. The van der Waals surface area contributed by atoms with Crippen LogP contribution >= 0.6 is 0 Å². The average molecular weight is 672 g/mol. The quantitative estimate of drug-likeness (QED) is 0.138. The highest BCUT2D eigenvalue weighted by molar-refractivity contribution is 6.21. The highest BCUT2D eigenvalue weighted by Crippen LogP contribution is 2.45. The van der Waals surface area contributed by atoms with Gasteiger partial charge in [0.15, 0.2) is 5.69 Å². The van der Waals surface area contributed by atoms with Gasteiger partial charge < -0.3 is 4.57 Å². The molecular weight excluding hydrogens is 647 g/mol. The molecule has 8 aromatic carbocycles. The highest BCUT2D eigenvalue weighted by Gasteiger charge is 2.21. The SMILES string of the molecule is [C-]#[N+]c1ccc2c(c1)c1cc(C#N)ccc1n2-c1ccc(C#N)cc1-c1ccc(-c2c3ccccc3c(-c3ccccc3)c3ccccc23)cc1C#N. The highest BCUT2D eigenvalue weighted by atomic mass is 15.0. The van der Waals surface area contributed by atoms with Crippen molar-refractivity contribution in [3.8, 4) is 57.3 Å². The van der Waals surface area contributed by atoms with Crippen LogP contribution < -0.4 is 0 Å². The maximum atomic E-state index is 10.8. The molecule has 0 saturated heterocycles. The van der Waals surface area contributed by atoms with Gasteiger partial charge in [-0.15, -0.1) is 0 Å². The van der Waals surface area contributed by atoms with Crippen LogP contribution in [0.5, 0.6) is 0 Å². The minimum Gasteiger partial charge on any atom is -0.309 e. The van der Waals surface area contributed by atoms with Crippen LogP contribution in [0.1, 0.15) is 16.7 Å². The Balaban J connectivity index is 1.31. The van der Waals surface area contributed by atoms with Gasteiger partial charge in [-0.1, -0.05) is 97.1 Å². The van der Waals surface area contributed by atoms with Crippen LogP contribution in [-0.4, -0.2) is 4.57 Å². The first-order chi connectivity index (χ1) is 26.1. The number of benzene rings is 8. The molecule has 0 unspecified atom stereocenters. The van der Waals surface area contributed by atoms with Crippen LogP contribution in [-0.2, 0) is 0 Å². The summed E-state index contributed by atoms with van der Waals surface area (Å²) >= 11 is 0. The van der Waals surface area contributed by atoms with Gasteiger partial charge in [-0.2, -0.15) is 15.8 Å². The van der Waals surface area contributed by atoms with Crippen molar-refractivity contribution < 1.29 is 0 Å². The van der Waals surface area contributed by atoms with E-state index in [1.165, 1.54) is 5.56 Å². The van der Waals surface area contributed by atoms with Gasteiger partial charge in [-0.25, -0.2) is 4.85 Å². The summed E-state index contributed by atoms with van der Waals surface area (Å²) in [5.41, 5.74) is 10.1. The number of hydrogen-bond acceptors (Lipinski definition) is 3. The molecule has 5 nitrogen and oxygen atoms in total. The summed E-state index contributed by atoms with van der Waals surface area (Å²) in [4.78, 5) is 3.66. The lowest BCUT2D eigenvalue weighted by atomic mass is 9.85. The summed E-state index contributed by atoms with van der Waals surface area (Å²) in [6.45, 7) is 7.64. The Morgan fingerprint density at radius 3 is 1.64 bits per heavy atom. The van der Waals surface area contributed by atoms with Gasteiger partial charge in [-0.3, -0.25) is 0 Å². The second kappa shape index (κ2) is 12.4. The molecule has 0 fully saturated rings. The van der Waals surface area contributed by atoms with Gasteiger partial charge in [0.1, 0.15) is 0 Å². The topological polar surface area (TPSA) is 80.7 Å². The molecule has 0 spiro atoms. The zero-order valence-electron chi connectivity index (χ0n) is 28.2. The van der Waals surface area contributed by atoms with E-state index in [0.717, 1.165) is 71.3 Å². The molecule has 0 saturated carbocycles. The molecule has 53 heavy (non-hydrogen) atoms. The fourth-order valence-corrected chi connectivity index (χ4v) is 7.81. The van der Waals surface area contributed by atoms with Crippen molar-refractivity contribution >= 4 is 49.0 Å². The first kappa shape index (κ1) is 31.1. The van der Waals surface area contributed by atoms with E-state index in [4.69, 9.17) is 6.57 Å². The lowest BCUT2D eigenvalue weighted by Crippen LogP contribution is -1.99. The van der Waals surface area contributed by atoms with Crippen molar-refractivity contribution in [1.29, 1.82) is 15.8 Å². The molecule has 0 radical (unpaired) electrons. The predicted octanol–water partition coefficient (Wildman–Crippen LogP) is 12.3. The van der Waals surface area contributed by atoms with Gasteiger partial charge in [0.05, 0.1) is 58.2 Å². The molecule has 9 aromatic rings. The van der Waals surface area contributed by atoms with Crippen LogP contribution in [0.25, 0.3) is 87.3 Å². The van der Waals surface area contributed by atoms with Gasteiger partial charge in [-0.05, 0) is 104 Å². The minimum atomic E-state index is 0.466. The smallest absolute Gasteiger partial charge is 0.188 e. The first-order valence-electron chi connectivity index (χ1n) is 17.1. The maximum absolute atomic E-state index is 10.8. The van der Waals surface area contributed by atoms with Crippen molar-refractivity contribution in [3.05, 3.63) is 180 Å². The molecule has 0 bridgehead atoms. The monoisotopic (exact) mass is 671 g/mol. The largest absolute Gasteiger partial charge is 0.309 e. The number of aromatic nitrogens is 1. The number of hydrogen-bond donors (Lipinski definition) is 0. The molecule has 1 aromatic heterocycles. The molecule has 0 aliphatic heterocycles. The van der Waals surface area contributed by atoms with E-state index >= 15 is 0 Å². The summed E-state index contributed by atoms with van der Waals surface area (Å²) in [6.07, 6.45) is 0. The van der Waals surface area contributed by atoms with Gasteiger partial charge >= 0.3 is 0 Å². The average Bonchev–Trinajstić information content (AvgIpc) is 3.55. The molecule has 9 rings (SSSR count). The van der Waals surface area contributed by atoms with E-state index in [9.17, 15) is 15.8 Å². The van der Waals surface area contributed by atoms with E-state index in [-0.39, 0.29) is 0 Å². The van der Waals surface area contributed by atoms with E-state index in [2.05, 4.69) is 106 Å². The van der Waals surface area contributed by atoms with Crippen molar-refractivity contribution in [2.24, 2.45) is 0 Å². The van der Waals surface area contributed by atoms with Gasteiger partial charge in [0, 0.05) is 16.5 Å². The lowest BCUT2D eigenvalue weighted by Gasteiger charge is -2.19. The molecule has 0 N–H and O–H groups in total. The Labute approximate surface area is 305 Å². The third-order valence-corrected chi connectivity index (χ3v) is 10.1. The number of nitrogens with zero attached hydrogens (tertiary/aromatic N) is 5. The number of fused-ring (bicyclic) bond motifs is 5. The molecule has 0 atom stereocenters. The maximum Gasteiger partial charge on any atom is 0.188 e. The Morgan fingerprint density at radius 2 is 1.02 bits per heavy atom. The molecule has 0 aliphatic rings. The third-order valence-electron chi connectivity index (χ3n) is 10.1. The van der Waals surface area contributed by atoms with Gasteiger partial charge in [0.2, 0.25) is 0 Å². The summed E-state index contributed by atoms with van der Waals surface area (Å²) in [5.74, 6) is 0. The Morgan fingerprint density at radius 1 is 0.453 bits per heavy atom. The summed E-state index contributed by atoms with van der Waals surface area (Å²) in [7, 11) is 0. The summed E-state index contributed by atoms with van der Waals surface area (Å²) in [5, 5.41) is 36.7. The Hall–Kier alpha value is -7.96. The second-order valence-corrected chi connectivity index (χ2v) is 12.9. The zero-order valence-corrected chi connectivity index (χ0v) is 28.2. The molecule has 0 aliphatic carbocycles. The van der Waals surface area contributed by atoms with Crippen molar-refractivity contribution in [3.63, 3.8) is 0 Å². The Kier molecular flexibility index (Phi) is 7.28. The van der Waals surface area contributed by atoms with Gasteiger partial charge in [0.25, 0.3) is 0 Å². The standard InChI is InChI=1S/C48H25N5/c1-52-35-18-22-46-43(26-35)42-24-31(28-50)16-21-45(42)53(46)44-20-15-30(27-49)23-41(44)36-19-17-33(25-34(36)29-51)48-39-13-7-5-11-37(39)47(32-9-3-2-4-10-32)38-12-6-8-14-40(38)48/h2-26H. The fourth-order valence-electron chi connectivity index (χ4n) is 7.81. The minimum absolute atomic E-state index is 0.466. The van der Waals surface area contributed by atoms with E-state index in [1.807, 2.05) is 54.6 Å². The van der Waals surface area contributed by atoms with E-state index < -0.39 is 0 Å². The fraction of sp³-hybridized carbons (Fsp3) is 0.